The highest BCUT2D eigenvalue weighted by Gasteiger charge is 2.19. The number of nitrogens with two attached hydrogens (primary N) is 1. The number of hydrogen-bond donors (Lipinski definition) is 2. The predicted molar refractivity (Wildman–Crippen MR) is 73.4 cm³/mol. The average molecular weight is 254 g/mol. The molecular weight excluding hydrogens is 240 g/mol. The number of nitrogens with zero attached hydrogens (tertiary/aromatic N) is 2. The SMILES string of the molecule is Cc1ccc(-c2c(N)noc2-c2cn[nH]c2C)cc1. The van der Waals surface area contributed by atoms with Crippen LogP contribution in [0.25, 0.3) is 22.5 Å². The quantitative estimate of drug-likeness (QED) is 0.736. The second kappa shape index (κ2) is 4.28. The van der Waals surface area contributed by atoms with Crippen LogP contribution in [0.1, 0.15) is 11.3 Å². The number of aromatic nitrogens is 3. The molecule has 0 fully saturated rings. The van der Waals surface area contributed by atoms with Gasteiger partial charge in [0.1, 0.15) is 0 Å². The van der Waals surface area contributed by atoms with E-state index in [4.69, 9.17) is 10.3 Å². The zero-order chi connectivity index (χ0) is 13.4. The third-order valence-electron chi connectivity index (χ3n) is 3.13. The van der Waals surface area contributed by atoms with Crippen molar-refractivity contribution in [3.8, 4) is 22.5 Å². The lowest BCUT2D eigenvalue weighted by atomic mass is 10.0. The van der Waals surface area contributed by atoms with Crippen LogP contribution in [0.5, 0.6) is 0 Å². The first-order chi connectivity index (χ1) is 9.16. The van der Waals surface area contributed by atoms with Crippen molar-refractivity contribution in [3.05, 3.63) is 41.7 Å². The van der Waals surface area contributed by atoms with Crippen LogP contribution < -0.4 is 5.73 Å². The highest BCUT2D eigenvalue weighted by atomic mass is 16.5. The molecule has 0 bridgehead atoms. The molecule has 0 amide bonds. The zero-order valence-electron chi connectivity index (χ0n) is 10.8. The van der Waals surface area contributed by atoms with E-state index in [1.165, 1.54) is 5.56 Å². The lowest BCUT2D eigenvalue weighted by Gasteiger charge is -2.02. The van der Waals surface area contributed by atoms with E-state index in [9.17, 15) is 0 Å². The third kappa shape index (κ3) is 1.89. The number of anilines is 1. The number of rotatable bonds is 2. The minimum atomic E-state index is 0.388. The van der Waals surface area contributed by atoms with Gasteiger partial charge in [-0.2, -0.15) is 5.10 Å². The number of benzene rings is 1. The molecule has 0 saturated heterocycles. The smallest absolute Gasteiger partial charge is 0.180 e. The average Bonchev–Trinajstić information content (AvgIpc) is 2.97. The van der Waals surface area contributed by atoms with E-state index in [1.807, 2.05) is 38.1 Å². The molecule has 5 nitrogen and oxygen atoms in total. The molecule has 0 aliphatic heterocycles. The van der Waals surface area contributed by atoms with Crippen LogP contribution in [-0.2, 0) is 0 Å². The maximum Gasteiger partial charge on any atom is 0.180 e. The Hall–Kier alpha value is -2.56. The summed E-state index contributed by atoms with van der Waals surface area (Å²) in [5, 5.41) is 10.8. The largest absolute Gasteiger partial charge is 0.380 e. The van der Waals surface area contributed by atoms with Crippen LogP contribution in [0.2, 0.25) is 0 Å². The van der Waals surface area contributed by atoms with Gasteiger partial charge in [0, 0.05) is 5.69 Å². The normalized spacial score (nSPS) is 10.8. The van der Waals surface area contributed by atoms with Crippen molar-refractivity contribution in [2.75, 3.05) is 5.73 Å². The summed E-state index contributed by atoms with van der Waals surface area (Å²) in [5.41, 5.74) is 10.7. The van der Waals surface area contributed by atoms with Gasteiger partial charge in [0.2, 0.25) is 0 Å². The molecule has 0 atom stereocenters. The Kier molecular flexibility index (Phi) is 2.59. The van der Waals surface area contributed by atoms with E-state index < -0.39 is 0 Å². The molecule has 0 unspecified atom stereocenters. The van der Waals surface area contributed by atoms with E-state index in [1.54, 1.807) is 6.20 Å². The first-order valence-electron chi connectivity index (χ1n) is 5.99. The number of aryl methyl sites for hydroxylation is 2. The number of H-pyrrole nitrogens is 1. The van der Waals surface area contributed by atoms with Crippen molar-refractivity contribution in [3.63, 3.8) is 0 Å². The van der Waals surface area contributed by atoms with Gasteiger partial charge >= 0.3 is 0 Å². The Morgan fingerprint density at radius 2 is 1.89 bits per heavy atom. The van der Waals surface area contributed by atoms with Crippen molar-refractivity contribution >= 4 is 5.82 Å². The van der Waals surface area contributed by atoms with Crippen molar-refractivity contribution in [2.24, 2.45) is 0 Å². The molecule has 0 radical (unpaired) electrons. The number of nitrogen functional groups attached to an aromatic ring is 1. The second-order valence-corrected chi connectivity index (χ2v) is 4.55. The van der Waals surface area contributed by atoms with Crippen LogP contribution >= 0.6 is 0 Å². The summed E-state index contributed by atoms with van der Waals surface area (Å²) in [6.07, 6.45) is 1.72. The van der Waals surface area contributed by atoms with E-state index in [2.05, 4.69) is 15.4 Å². The number of aromatic amines is 1. The summed E-state index contributed by atoms with van der Waals surface area (Å²) in [6, 6.07) is 8.09. The van der Waals surface area contributed by atoms with Crippen LogP contribution in [0, 0.1) is 13.8 Å². The minimum Gasteiger partial charge on any atom is -0.380 e. The lowest BCUT2D eigenvalue weighted by Crippen LogP contribution is -1.89. The highest BCUT2D eigenvalue weighted by molar-refractivity contribution is 5.86. The summed E-state index contributed by atoms with van der Waals surface area (Å²) < 4.78 is 5.37. The third-order valence-corrected chi connectivity index (χ3v) is 3.13. The van der Waals surface area contributed by atoms with Gasteiger partial charge in [-0.15, -0.1) is 0 Å². The molecule has 1 aromatic carbocycles. The van der Waals surface area contributed by atoms with Crippen molar-refractivity contribution < 1.29 is 4.52 Å². The van der Waals surface area contributed by atoms with Crippen LogP contribution in [0.15, 0.2) is 35.0 Å². The topological polar surface area (TPSA) is 80.7 Å². The van der Waals surface area contributed by atoms with Gasteiger partial charge in [0.25, 0.3) is 0 Å². The second-order valence-electron chi connectivity index (χ2n) is 4.55. The first-order valence-corrected chi connectivity index (χ1v) is 5.99. The summed E-state index contributed by atoms with van der Waals surface area (Å²) >= 11 is 0. The van der Waals surface area contributed by atoms with Crippen molar-refractivity contribution in [1.82, 2.24) is 15.4 Å². The molecular formula is C14H14N4O. The Morgan fingerprint density at radius 3 is 2.53 bits per heavy atom. The number of nitrogens with one attached hydrogen (secondary N) is 1. The molecule has 19 heavy (non-hydrogen) atoms. The fraction of sp³-hybridized carbons (Fsp3) is 0.143. The van der Waals surface area contributed by atoms with Crippen molar-refractivity contribution in [2.45, 2.75) is 13.8 Å². The van der Waals surface area contributed by atoms with Gasteiger partial charge in [0.15, 0.2) is 11.6 Å². The Balaban J connectivity index is 2.19. The first kappa shape index (κ1) is 11.5. The van der Waals surface area contributed by atoms with Gasteiger partial charge in [-0.05, 0) is 19.4 Å². The molecule has 96 valence electrons. The predicted octanol–water partition coefficient (Wildman–Crippen LogP) is 2.93. The minimum absolute atomic E-state index is 0.388. The Bertz CT molecular complexity index is 709. The summed E-state index contributed by atoms with van der Waals surface area (Å²) in [4.78, 5) is 0. The van der Waals surface area contributed by atoms with E-state index in [0.717, 1.165) is 22.4 Å². The molecule has 2 heterocycles. The van der Waals surface area contributed by atoms with E-state index in [-0.39, 0.29) is 0 Å². The highest BCUT2D eigenvalue weighted by Crippen LogP contribution is 2.37. The fourth-order valence-electron chi connectivity index (χ4n) is 2.07. The van der Waals surface area contributed by atoms with Crippen molar-refractivity contribution in [1.29, 1.82) is 0 Å². The maximum atomic E-state index is 5.93. The summed E-state index contributed by atoms with van der Waals surface area (Å²) in [6.45, 7) is 3.97. The van der Waals surface area contributed by atoms with Crippen LogP contribution in [0.4, 0.5) is 5.82 Å². The molecule has 0 aliphatic carbocycles. The maximum absolute atomic E-state index is 5.93. The standard InChI is InChI=1S/C14H14N4O/c1-8-3-5-10(6-4-8)12-13(19-18-14(12)15)11-7-16-17-9(11)2/h3-7H,1-2H3,(H2,15,18)(H,16,17). The van der Waals surface area contributed by atoms with E-state index in [0.29, 0.717) is 11.6 Å². The fourth-order valence-corrected chi connectivity index (χ4v) is 2.07. The molecule has 5 heteroatoms. The van der Waals surface area contributed by atoms with Gasteiger partial charge in [-0.1, -0.05) is 35.0 Å². The molecule has 0 saturated carbocycles. The molecule has 3 aromatic rings. The molecule has 3 N–H and O–H groups in total. The van der Waals surface area contributed by atoms with Gasteiger partial charge in [-0.25, -0.2) is 0 Å². The molecule has 0 aliphatic rings. The lowest BCUT2D eigenvalue weighted by molar-refractivity contribution is 0.436. The van der Waals surface area contributed by atoms with Crippen LogP contribution in [-0.4, -0.2) is 15.4 Å². The summed E-state index contributed by atoms with van der Waals surface area (Å²) in [5.74, 6) is 1.03. The van der Waals surface area contributed by atoms with Crippen LogP contribution in [0.3, 0.4) is 0 Å². The van der Waals surface area contributed by atoms with Gasteiger partial charge in [-0.3, -0.25) is 5.10 Å². The van der Waals surface area contributed by atoms with Gasteiger partial charge in [0.05, 0.1) is 17.3 Å². The molecule has 2 aromatic heterocycles. The Labute approximate surface area is 110 Å². The van der Waals surface area contributed by atoms with E-state index >= 15 is 0 Å². The monoisotopic (exact) mass is 254 g/mol. The molecule has 0 spiro atoms. The zero-order valence-corrected chi connectivity index (χ0v) is 10.8. The Morgan fingerprint density at radius 1 is 1.16 bits per heavy atom. The number of hydrogen-bond acceptors (Lipinski definition) is 4. The summed E-state index contributed by atoms with van der Waals surface area (Å²) in [7, 11) is 0. The molecule has 3 rings (SSSR count). The van der Waals surface area contributed by atoms with Gasteiger partial charge < -0.3 is 10.3 Å².